The van der Waals surface area contributed by atoms with Gasteiger partial charge in [0.2, 0.25) is 6.04 Å². The number of nitro groups is 1. The number of ketones is 1. The number of hydrogen-bond acceptors (Lipinski definition) is 3. The molecule has 0 N–H and O–H groups in total. The maximum Gasteiger partial charge on any atom is 0.227 e. The van der Waals surface area contributed by atoms with Gasteiger partial charge in [0, 0.05) is 17.3 Å². The van der Waals surface area contributed by atoms with Crippen LogP contribution in [0.15, 0.2) is 0 Å². The Bertz CT molecular complexity index is 222. The van der Waals surface area contributed by atoms with Crippen LogP contribution in [0.25, 0.3) is 0 Å². The molecule has 2 saturated carbocycles. The number of fused-ring (bicyclic) bond motifs is 1. The normalized spacial score (nSPS) is 41.5. The van der Waals surface area contributed by atoms with Crippen LogP contribution in [0.4, 0.5) is 0 Å². The molecule has 2 rings (SSSR count). The maximum atomic E-state index is 11.0. The van der Waals surface area contributed by atoms with E-state index >= 15 is 0 Å². The molecule has 0 radical (unpaired) electrons. The Morgan fingerprint density at radius 2 is 2.27 bits per heavy atom. The van der Waals surface area contributed by atoms with E-state index in [1.165, 1.54) is 0 Å². The lowest BCUT2D eigenvalue weighted by atomic mass is 10.00. The molecule has 2 aliphatic carbocycles. The van der Waals surface area contributed by atoms with E-state index in [-0.39, 0.29) is 22.5 Å². The minimum absolute atomic E-state index is 0.0891. The van der Waals surface area contributed by atoms with Gasteiger partial charge in [0.25, 0.3) is 0 Å². The van der Waals surface area contributed by atoms with Crippen molar-refractivity contribution in [1.82, 2.24) is 0 Å². The summed E-state index contributed by atoms with van der Waals surface area (Å²) in [6, 6.07) is -0.523. The highest BCUT2D eigenvalue weighted by Crippen LogP contribution is 2.49. The molecule has 0 spiro atoms. The van der Waals surface area contributed by atoms with E-state index in [9.17, 15) is 14.9 Å². The fourth-order valence-corrected chi connectivity index (χ4v) is 2.10. The predicted octanol–water partition coefficient (Wildman–Crippen LogP) is 0.631. The highest BCUT2D eigenvalue weighted by atomic mass is 16.6. The molecule has 0 aliphatic heterocycles. The third kappa shape index (κ3) is 0.852. The highest BCUT2D eigenvalue weighted by molar-refractivity contribution is 5.85. The van der Waals surface area contributed by atoms with Gasteiger partial charge in [-0.1, -0.05) is 0 Å². The van der Waals surface area contributed by atoms with Crippen LogP contribution >= 0.6 is 0 Å². The smallest absolute Gasteiger partial charge is 0.227 e. The van der Waals surface area contributed by atoms with Gasteiger partial charge in [-0.3, -0.25) is 14.9 Å². The minimum Gasteiger partial charge on any atom is -0.299 e. The molecule has 0 bridgehead atoms. The van der Waals surface area contributed by atoms with Crippen LogP contribution in [-0.2, 0) is 4.79 Å². The Morgan fingerprint density at radius 3 is 2.82 bits per heavy atom. The van der Waals surface area contributed by atoms with Gasteiger partial charge in [-0.15, -0.1) is 0 Å². The molecule has 0 amide bonds. The van der Waals surface area contributed by atoms with Crippen molar-refractivity contribution in [3.05, 3.63) is 10.1 Å². The molecule has 0 aromatic rings. The van der Waals surface area contributed by atoms with E-state index in [0.717, 1.165) is 12.8 Å². The van der Waals surface area contributed by atoms with E-state index in [0.29, 0.717) is 6.42 Å². The molecule has 3 atom stereocenters. The van der Waals surface area contributed by atoms with Crippen LogP contribution in [-0.4, -0.2) is 16.7 Å². The van der Waals surface area contributed by atoms with Crippen LogP contribution in [0.5, 0.6) is 0 Å². The molecule has 2 aliphatic rings. The summed E-state index contributed by atoms with van der Waals surface area (Å²) >= 11 is 0. The molecule has 0 saturated heterocycles. The molecular formula is C7H9NO3. The van der Waals surface area contributed by atoms with Crippen molar-refractivity contribution in [3.8, 4) is 0 Å². The average molecular weight is 155 g/mol. The molecule has 0 aromatic heterocycles. The number of carbonyl (C=O) groups excluding carboxylic acids is 1. The van der Waals surface area contributed by atoms with Gasteiger partial charge in [-0.05, 0) is 12.8 Å². The van der Waals surface area contributed by atoms with Crippen molar-refractivity contribution in [2.45, 2.75) is 25.3 Å². The lowest BCUT2D eigenvalue weighted by Crippen LogP contribution is -2.10. The fraction of sp³-hybridized carbons (Fsp3) is 0.857. The van der Waals surface area contributed by atoms with Crippen LogP contribution in [0.2, 0.25) is 0 Å². The zero-order chi connectivity index (χ0) is 8.01. The van der Waals surface area contributed by atoms with E-state index in [1.54, 1.807) is 0 Å². The number of rotatable bonds is 1. The Balaban J connectivity index is 2.10. The van der Waals surface area contributed by atoms with Gasteiger partial charge < -0.3 is 0 Å². The molecule has 0 heterocycles. The lowest BCUT2D eigenvalue weighted by molar-refractivity contribution is -0.500. The van der Waals surface area contributed by atoms with Crippen molar-refractivity contribution >= 4 is 5.78 Å². The summed E-state index contributed by atoms with van der Waals surface area (Å²) in [5.74, 6) is -0.00653. The largest absolute Gasteiger partial charge is 0.299 e. The van der Waals surface area contributed by atoms with Crippen molar-refractivity contribution in [3.63, 3.8) is 0 Å². The third-order valence-electron chi connectivity index (χ3n) is 2.70. The summed E-state index contributed by atoms with van der Waals surface area (Å²) in [6.07, 6.45) is 2.29. The van der Waals surface area contributed by atoms with Gasteiger partial charge in [0.1, 0.15) is 5.78 Å². The van der Waals surface area contributed by atoms with E-state index < -0.39 is 6.04 Å². The Labute approximate surface area is 63.7 Å². The molecule has 4 heteroatoms. The molecular weight excluding hydrogens is 146 g/mol. The van der Waals surface area contributed by atoms with Gasteiger partial charge in [-0.25, -0.2) is 0 Å². The van der Waals surface area contributed by atoms with Crippen molar-refractivity contribution in [2.24, 2.45) is 11.8 Å². The molecule has 2 fully saturated rings. The van der Waals surface area contributed by atoms with Crippen LogP contribution in [0.1, 0.15) is 19.3 Å². The van der Waals surface area contributed by atoms with Crippen LogP contribution < -0.4 is 0 Å². The predicted molar refractivity (Wildman–Crippen MR) is 36.6 cm³/mol. The highest BCUT2D eigenvalue weighted by Gasteiger charge is 2.64. The second-order valence-electron chi connectivity index (χ2n) is 3.32. The van der Waals surface area contributed by atoms with E-state index in [2.05, 4.69) is 0 Å². The van der Waals surface area contributed by atoms with Crippen molar-refractivity contribution < 1.29 is 9.72 Å². The fourth-order valence-electron chi connectivity index (χ4n) is 2.10. The second-order valence-corrected chi connectivity index (χ2v) is 3.32. The molecule has 60 valence electrons. The summed E-state index contributed by atoms with van der Waals surface area (Å²) < 4.78 is 0. The summed E-state index contributed by atoms with van der Waals surface area (Å²) in [6.45, 7) is 0. The number of nitrogens with zero attached hydrogens (tertiary/aromatic N) is 1. The molecule has 11 heavy (non-hydrogen) atoms. The topological polar surface area (TPSA) is 60.2 Å². The van der Waals surface area contributed by atoms with E-state index in [1.807, 2.05) is 0 Å². The lowest BCUT2D eigenvalue weighted by Gasteiger charge is -2.02. The first-order chi connectivity index (χ1) is 5.22. The third-order valence-corrected chi connectivity index (χ3v) is 2.70. The summed E-state index contributed by atoms with van der Waals surface area (Å²) in [5, 5.41) is 10.3. The zero-order valence-corrected chi connectivity index (χ0v) is 6.03. The minimum atomic E-state index is -0.523. The summed E-state index contributed by atoms with van der Waals surface area (Å²) in [5.41, 5.74) is 0. The average Bonchev–Trinajstić information content (AvgIpc) is 2.62. The molecule has 0 aromatic carbocycles. The monoisotopic (exact) mass is 155 g/mol. The van der Waals surface area contributed by atoms with Crippen LogP contribution in [0, 0.1) is 22.0 Å². The van der Waals surface area contributed by atoms with Gasteiger partial charge >= 0.3 is 0 Å². The van der Waals surface area contributed by atoms with Crippen molar-refractivity contribution in [1.29, 1.82) is 0 Å². The number of carbonyl (C=O) groups is 1. The Morgan fingerprint density at radius 1 is 1.55 bits per heavy atom. The molecule has 4 nitrogen and oxygen atoms in total. The van der Waals surface area contributed by atoms with Crippen molar-refractivity contribution in [2.75, 3.05) is 0 Å². The number of hydrogen-bond donors (Lipinski definition) is 0. The summed E-state index contributed by atoms with van der Waals surface area (Å²) in [7, 11) is 0. The SMILES string of the molecule is O=C1CCC[C@@H]2[C@H]1[C@@H]2[N+](=O)[O-]. The van der Waals surface area contributed by atoms with Gasteiger partial charge in [0.15, 0.2) is 0 Å². The van der Waals surface area contributed by atoms with Crippen LogP contribution in [0.3, 0.4) is 0 Å². The van der Waals surface area contributed by atoms with Gasteiger partial charge in [-0.2, -0.15) is 0 Å². The van der Waals surface area contributed by atoms with Gasteiger partial charge in [0.05, 0.1) is 5.92 Å². The Hall–Kier alpha value is -0.930. The summed E-state index contributed by atoms with van der Waals surface area (Å²) in [4.78, 5) is 21.1. The maximum absolute atomic E-state index is 11.0. The Kier molecular flexibility index (Phi) is 1.25. The van der Waals surface area contributed by atoms with E-state index in [4.69, 9.17) is 0 Å². The second kappa shape index (κ2) is 2.03. The number of Topliss-reactive ketones (excluding diaryl/α,β-unsaturated/α-hetero) is 1. The quantitative estimate of drug-likeness (QED) is 0.412. The first-order valence-electron chi connectivity index (χ1n) is 3.88. The first-order valence-corrected chi connectivity index (χ1v) is 3.88. The zero-order valence-electron chi connectivity index (χ0n) is 6.03. The molecule has 0 unspecified atom stereocenters. The standard InChI is InChI=1S/C7H9NO3/c9-5-3-1-2-4-6(5)7(4)8(10)11/h4,6-7H,1-3H2/t4-,6-,7-/m1/s1. The first kappa shape index (κ1) is 6.76.